The molecular weight excluding hydrogens is 299 g/mol. The second kappa shape index (κ2) is 4.81. The molecule has 124 valence electrons. The van der Waals surface area contributed by atoms with Gasteiger partial charge in [-0.15, -0.1) is 0 Å². The molecule has 2 aromatic rings. The van der Waals surface area contributed by atoms with E-state index in [0.29, 0.717) is 10.8 Å². The summed E-state index contributed by atoms with van der Waals surface area (Å²) < 4.78 is 15.2. The molecule has 0 saturated heterocycles. The highest BCUT2D eigenvalue weighted by Gasteiger charge is 2.56. The van der Waals surface area contributed by atoms with Crippen molar-refractivity contribution in [2.75, 3.05) is 0 Å². The van der Waals surface area contributed by atoms with Crippen molar-refractivity contribution in [3.63, 3.8) is 0 Å². The fraction of sp³-hybridized carbons (Fsp3) is 0.476. The molecule has 1 aromatic carbocycles. The SMILES string of the molecule is C[C@]12Cc3cnn(-c4ccc(F)cc4)c3C=C1CCC21CCCC1. The van der Waals surface area contributed by atoms with Gasteiger partial charge in [0.25, 0.3) is 0 Å². The monoisotopic (exact) mass is 322 g/mol. The van der Waals surface area contributed by atoms with Crippen molar-refractivity contribution in [1.82, 2.24) is 9.78 Å². The highest BCUT2D eigenvalue weighted by molar-refractivity contribution is 5.62. The first-order valence-corrected chi connectivity index (χ1v) is 9.15. The Morgan fingerprint density at radius 2 is 1.83 bits per heavy atom. The third-order valence-electron chi connectivity index (χ3n) is 7.13. The quantitative estimate of drug-likeness (QED) is 0.695. The van der Waals surface area contributed by atoms with E-state index in [1.165, 1.54) is 61.9 Å². The number of allylic oxidation sites excluding steroid dienone is 1. The van der Waals surface area contributed by atoms with E-state index in [-0.39, 0.29) is 5.82 Å². The lowest BCUT2D eigenvalue weighted by Crippen LogP contribution is -2.37. The Kier molecular flexibility index (Phi) is 2.89. The lowest BCUT2D eigenvalue weighted by molar-refractivity contribution is 0.123. The van der Waals surface area contributed by atoms with Crippen LogP contribution < -0.4 is 0 Å². The highest BCUT2D eigenvalue weighted by atomic mass is 19.1. The number of aromatic nitrogens is 2. The minimum atomic E-state index is -0.204. The lowest BCUT2D eigenvalue weighted by Gasteiger charge is -2.44. The van der Waals surface area contributed by atoms with Gasteiger partial charge in [-0.25, -0.2) is 9.07 Å². The lowest BCUT2D eigenvalue weighted by atomic mass is 9.60. The van der Waals surface area contributed by atoms with Gasteiger partial charge in [0.05, 0.1) is 17.6 Å². The zero-order valence-electron chi connectivity index (χ0n) is 14.2. The van der Waals surface area contributed by atoms with Gasteiger partial charge in [0, 0.05) is 0 Å². The maximum atomic E-state index is 13.2. The fourth-order valence-corrected chi connectivity index (χ4v) is 5.67. The zero-order valence-corrected chi connectivity index (χ0v) is 14.2. The van der Waals surface area contributed by atoms with E-state index in [1.54, 1.807) is 5.57 Å². The van der Waals surface area contributed by atoms with Crippen LogP contribution in [0.25, 0.3) is 11.8 Å². The summed E-state index contributed by atoms with van der Waals surface area (Å²) in [4.78, 5) is 0. The molecule has 2 nitrogen and oxygen atoms in total. The molecule has 2 fully saturated rings. The summed E-state index contributed by atoms with van der Waals surface area (Å²) in [6.45, 7) is 2.50. The fourth-order valence-electron chi connectivity index (χ4n) is 5.67. The summed E-state index contributed by atoms with van der Waals surface area (Å²) in [5, 5.41) is 4.62. The van der Waals surface area contributed by atoms with E-state index >= 15 is 0 Å². The summed E-state index contributed by atoms with van der Waals surface area (Å²) in [6.07, 6.45) is 13.7. The molecule has 0 unspecified atom stereocenters. The second-order valence-electron chi connectivity index (χ2n) is 8.11. The Balaban J connectivity index is 1.60. The smallest absolute Gasteiger partial charge is 0.123 e. The van der Waals surface area contributed by atoms with Gasteiger partial charge in [-0.3, -0.25) is 0 Å². The molecule has 0 amide bonds. The molecule has 3 heteroatoms. The minimum absolute atomic E-state index is 0.204. The molecule has 5 rings (SSSR count). The van der Waals surface area contributed by atoms with Crippen LogP contribution in [0.2, 0.25) is 0 Å². The highest BCUT2D eigenvalue weighted by Crippen LogP contribution is 2.66. The summed E-state index contributed by atoms with van der Waals surface area (Å²) in [5.41, 5.74) is 5.93. The maximum absolute atomic E-state index is 13.2. The average molecular weight is 322 g/mol. The van der Waals surface area contributed by atoms with E-state index in [4.69, 9.17) is 0 Å². The van der Waals surface area contributed by atoms with Crippen molar-refractivity contribution in [2.45, 2.75) is 51.9 Å². The van der Waals surface area contributed by atoms with Crippen molar-refractivity contribution in [2.24, 2.45) is 10.8 Å². The maximum Gasteiger partial charge on any atom is 0.123 e. The predicted molar refractivity (Wildman–Crippen MR) is 93.4 cm³/mol. The van der Waals surface area contributed by atoms with Crippen molar-refractivity contribution in [3.05, 3.63) is 53.1 Å². The summed E-state index contributed by atoms with van der Waals surface area (Å²) in [5.74, 6) is -0.204. The minimum Gasteiger partial charge on any atom is -0.233 e. The first kappa shape index (κ1) is 14.4. The van der Waals surface area contributed by atoms with Crippen molar-refractivity contribution < 1.29 is 4.39 Å². The molecular formula is C21H23FN2. The third kappa shape index (κ3) is 1.78. The number of hydrogen-bond donors (Lipinski definition) is 0. The first-order chi connectivity index (χ1) is 11.6. The van der Waals surface area contributed by atoms with E-state index in [2.05, 4.69) is 18.1 Å². The second-order valence-corrected chi connectivity index (χ2v) is 8.11. The largest absolute Gasteiger partial charge is 0.233 e. The number of benzene rings is 1. The van der Waals surface area contributed by atoms with E-state index in [9.17, 15) is 4.39 Å². The Hall–Kier alpha value is -1.90. The van der Waals surface area contributed by atoms with E-state index in [0.717, 1.165) is 12.1 Å². The van der Waals surface area contributed by atoms with Crippen LogP contribution in [0.15, 0.2) is 36.0 Å². The van der Waals surface area contributed by atoms with Crippen molar-refractivity contribution in [1.29, 1.82) is 0 Å². The van der Waals surface area contributed by atoms with E-state index in [1.807, 2.05) is 23.0 Å². The van der Waals surface area contributed by atoms with Crippen LogP contribution in [0, 0.1) is 16.6 Å². The van der Waals surface area contributed by atoms with Crippen LogP contribution in [0.5, 0.6) is 0 Å². The van der Waals surface area contributed by atoms with Crippen LogP contribution >= 0.6 is 0 Å². The number of halogens is 1. The van der Waals surface area contributed by atoms with Gasteiger partial charge in [-0.05, 0) is 78.8 Å². The summed E-state index contributed by atoms with van der Waals surface area (Å²) in [7, 11) is 0. The van der Waals surface area contributed by atoms with Gasteiger partial charge in [0.2, 0.25) is 0 Å². The number of nitrogens with zero attached hydrogens (tertiary/aromatic N) is 2. The molecule has 3 aliphatic carbocycles. The summed E-state index contributed by atoms with van der Waals surface area (Å²) >= 11 is 0. The van der Waals surface area contributed by atoms with Gasteiger partial charge in [-0.2, -0.15) is 5.10 Å². The molecule has 1 heterocycles. The van der Waals surface area contributed by atoms with Crippen molar-refractivity contribution in [3.8, 4) is 5.69 Å². The topological polar surface area (TPSA) is 17.8 Å². The first-order valence-electron chi connectivity index (χ1n) is 9.15. The van der Waals surface area contributed by atoms with Gasteiger partial charge in [-0.1, -0.05) is 25.3 Å². The summed E-state index contributed by atoms with van der Waals surface area (Å²) in [6, 6.07) is 6.63. The average Bonchev–Trinajstić information content (AvgIpc) is 3.27. The normalized spacial score (nSPS) is 27.2. The standard InChI is InChI=1S/C21H23FN2/c1-20-13-15-14-23-24(18-6-4-17(22)5-7-18)19(15)12-16(20)8-11-21(20)9-2-3-10-21/h4-7,12,14H,2-3,8-11,13H2,1H3/t20-/m0/s1. The number of rotatable bonds is 1. The predicted octanol–water partition coefficient (Wildman–Crippen LogP) is 5.31. The van der Waals surface area contributed by atoms with Gasteiger partial charge in [0.1, 0.15) is 5.82 Å². The Morgan fingerprint density at radius 3 is 2.58 bits per heavy atom. The van der Waals surface area contributed by atoms with Crippen LogP contribution in [0.1, 0.15) is 56.7 Å². The Bertz CT molecular complexity index is 824. The third-order valence-corrected chi connectivity index (χ3v) is 7.13. The Morgan fingerprint density at radius 1 is 1.08 bits per heavy atom. The zero-order chi connectivity index (χ0) is 16.4. The number of hydrogen-bond acceptors (Lipinski definition) is 1. The molecule has 1 atom stereocenters. The molecule has 24 heavy (non-hydrogen) atoms. The van der Waals surface area contributed by atoms with Gasteiger partial charge >= 0.3 is 0 Å². The van der Waals surface area contributed by atoms with Crippen molar-refractivity contribution >= 4 is 6.08 Å². The molecule has 2 saturated carbocycles. The molecule has 0 aliphatic heterocycles. The van der Waals surface area contributed by atoms with E-state index < -0.39 is 0 Å². The van der Waals surface area contributed by atoms with Crippen LogP contribution in [-0.4, -0.2) is 9.78 Å². The molecule has 0 radical (unpaired) electrons. The molecule has 1 aromatic heterocycles. The Labute approximate surface area is 142 Å². The van der Waals surface area contributed by atoms with Crippen LogP contribution in [0.4, 0.5) is 4.39 Å². The van der Waals surface area contributed by atoms with Crippen LogP contribution in [0.3, 0.4) is 0 Å². The van der Waals surface area contributed by atoms with Crippen LogP contribution in [-0.2, 0) is 6.42 Å². The van der Waals surface area contributed by atoms with Gasteiger partial charge < -0.3 is 0 Å². The molecule has 1 spiro atoms. The molecule has 0 bridgehead atoms. The number of fused-ring (bicyclic) bond motifs is 3. The van der Waals surface area contributed by atoms with Gasteiger partial charge in [0.15, 0.2) is 0 Å². The molecule has 0 N–H and O–H groups in total. The molecule has 3 aliphatic rings.